The lowest BCUT2D eigenvalue weighted by Gasteiger charge is -2.10. The zero-order valence-corrected chi connectivity index (χ0v) is 13.2. The molecule has 0 aliphatic heterocycles. The lowest BCUT2D eigenvalue weighted by molar-refractivity contribution is 1.16. The highest BCUT2D eigenvalue weighted by atomic mass is 79.9. The first-order chi connectivity index (χ1) is 10.8. The van der Waals surface area contributed by atoms with E-state index < -0.39 is 0 Å². The second-order valence-electron chi connectivity index (χ2n) is 5.14. The van der Waals surface area contributed by atoms with E-state index in [-0.39, 0.29) is 0 Å². The summed E-state index contributed by atoms with van der Waals surface area (Å²) in [5.41, 5.74) is 3.78. The molecule has 1 heterocycles. The smallest absolute Gasteiger partial charge is 0.101 e. The van der Waals surface area contributed by atoms with Gasteiger partial charge in [-0.15, -0.1) is 0 Å². The highest BCUT2D eigenvalue weighted by Crippen LogP contribution is 2.33. The molecule has 4 aromatic rings. The molecule has 3 aromatic carbocycles. The van der Waals surface area contributed by atoms with E-state index in [1.807, 2.05) is 42.5 Å². The SMILES string of the molecule is N#Cc1ccc(Br)cc1-n1c2ccccc2c2ccccc21. The van der Waals surface area contributed by atoms with Gasteiger partial charge in [-0.05, 0) is 30.3 Å². The number of nitrogens with zero attached hydrogens (tertiary/aromatic N) is 2. The first-order valence-corrected chi connectivity index (χ1v) is 7.77. The number of nitriles is 1. The van der Waals surface area contributed by atoms with Crippen molar-refractivity contribution in [1.29, 1.82) is 5.26 Å². The van der Waals surface area contributed by atoms with Crippen LogP contribution in [0.25, 0.3) is 27.5 Å². The highest BCUT2D eigenvalue weighted by molar-refractivity contribution is 9.10. The van der Waals surface area contributed by atoms with Crippen molar-refractivity contribution in [2.75, 3.05) is 0 Å². The molecule has 3 heteroatoms. The molecule has 0 aliphatic rings. The van der Waals surface area contributed by atoms with Crippen molar-refractivity contribution in [3.05, 3.63) is 76.8 Å². The van der Waals surface area contributed by atoms with E-state index >= 15 is 0 Å². The number of aromatic nitrogens is 1. The minimum Gasteiger partial charge on any atom is -0.308 e. The fourth-order valence-corrected chi connectivity index (χ4v) is 3.32. The predicted molar refractivity (Wildman–Crippen MR) is 93.2 cm³/mol. The van der Waals surface area contributed by atoms with Gasteiger partial charge < -0.3 is 4.57 Å². The van der Waals surface area contributed by atoms with Gasteiger partial charge in [0.05, 0.1) is 22.3 Å². The van der Waals surface area contributed by atoms with E-state index in [9.17, 15) is 5.26 Å². The van der Waals surface area contributed by atoms with Crippen molar-refractivity contribution in [3.63, 3.8) is 0 Å². The molecule has 0 saturated carbocycles. The Labute approximate surface area is 136 Å². The molecule has 0 atom stereocenters. The second kappa shape index (κ2) is 5.01. The molecule has 0 unspecified atom stereocenters. The largest absolute Gasteiger partial charge is 0.308 e. The lowest BCUT2D eigenvalue weighted by atomic mass is 10.2. The molecule has 0 N–H and O–H groups in total. The Morgan fingerprint density at radius 1 is 0.818 bits per heavy atom. The zero-order valence-electron chi connectivity index (χ0n) is 11.6. The number of hydrogen-bond acceptors (Lipinski definition) is 1. The van der Waals surface area contributed by atoms with Gasteiger partial charge in [-0.2, -0.15) is 5.26 Å². The van der Waals surface area contributed by atoms with Gasteiger partial charge in [0.2, 0.25) is 0 Å². The van der Waals surface area contributed by atoms with Crippen LogP contribution < -0.4 is 0 Å². The van der Waals surface area contributed by atoms with Crippen LogP contribution in [-0.2, 0) is 0 Å². The van der Waals surface area contributed by atoms with Crippen LogP contribution in [0.1, 0.15) is 5.56 Å². The summed E-state index contributed by atoms with van der Waals surface area (Å²) in [6.07, 6.45) is 0. The van der Waals surface area contributed by atoms with Crippen LogP contribution >= 0.6 is 15.9 Å². The van der Waals surface area contributed by atoms with E-state index in [0.717, 1.165) is 21.2 Å². The fourth-order valence-electron chi connectivity index (χ4n) is 2.97. The Morgan fingerprint density at radius 2 is 1.41 bits per heavy atom. The van der Waals surface area contributed by atoms with Crippen LogP contribution in [0.2, 0.25) is 0 Å². The summed E-state index contributed by atoms with van der Waals surface area (Å²) in [4.78, 5) is 0. The van der Waals surface area contributed by atoms with E-state index in [1.165, 1.54) is 10.8 Å². The summed E-state index contributed by atoms with van der Waals surface area (Å²) >= 11 is 3.52. The fraction of sp³-hybridized carbons (Fsp3) is 0. The van der Waals surface area contributed by atoms with Crippen molar-refractivity contribution >= 4 is 37.7 Å². The summed E-state index contributed by atoms with van der Waals surface area (Å²) in [7, 11) is 0. The first kappa shape index (κ1) is 13.1. The lowest BCUT2D eigenvalue weighted by Crippen LogP contribution is -1.97. The topological polar surface area (TPSA) is 28.7 Å². The average molecular weight is 347 g/mol. The molecule has 2 nitrogen and oxygen atoms in total. The maximum absolute atomic E-state index is 9.47. The third kappa shape index (κ3) is 1.85. The van der Waals surface area contributed by atoms with E-state index in [2.05, 4.69) is 50.8 Å². The van der Waals surface area contributed by atoms with Crippen LogP contribution in [0.5, 0.6) is 0 Å². The van der Waals surface area contributed by atoms with Gasteiger partial charge >= 0.3 is 0 Å². The maximum Gasteiger partial charge on any atom is 0.101 e. The molecule has 1 aromatic heterocycles. The standard InChI is InChI=1S/C19H11BrN2/c20-14-10-9-13(12-21)19(11-14)22-17-7-3-1-5-15(17)16-6-2-4-8-18(16)22/h1-11H. The van der Waals surface area contributed by atoms with Crippen LogP contribution in [0.15, 0.2) is 71.2 Å². The van der Waals surface area contributed by atoms with Crippen molar-refractivity contribution in [2.24, 2.45) is 0 Å². The van der Waals surface area contributed by atoms with Gasteiger partial charge in [0.15, 0.2) is 0 Å². The molecule has 104 valence electrons. The number of fused-ring (bicyclic) bond motifs is 3. The van der Waals surface area contributed by atoms with E-state index in [1.54, 1.807) is 0 Å². The zero-order chi connectivity index (χ0) is 15.1. The number of para-hydroxylation sites is 2. The quantitative estimate of drug-likeness (QED) is 0.452. The van der Waals surface area contributed by atoms with E-state index in [4.69, 9.17) is 0 Å². The van der Waals surface area contributed by atoms with E-state index in [0.29, 0.717) is 5.56 Å². The molecule has 0 amide bonds. The molecule has 0 fully saturated rings. The third-order valence-corrected chi connectivity index (χ3v) is 4.39. The molecular formula is C19H11BrN2. The third-order valence-electron chi connectivity index (χ3n) is 3.90. The first-order valence-electron chi connectivity index (χ1n) is 6.98. The van der Waals surface area contributed by atoms with Crippen molar-refractivity contribution in [1.82, 2.24) is 4.57 Å². The van der Waals surface area contributed by atoms with Gasteiger partial charge in [-0.3, -0.25) is 0 Å². The molecule has 0 aliphatic carbocycles. The summed E-state index contributed by atoms with van der Waals surface area (Å²) in [6.45, 7) is 0. The van der Waals surface area contributed by atoms with Gasteiger partial charge in [-0.25, -0.2) is 0 Å². The van der Waals surface area contributed by atoms with Gasteiger partial charge in [-0.1, -0.05) is 52.3 Å². The van der Waals surface area contributed by atoms with Gasteiger partial charge in [0, 0.05) is 15.2 Å². The Balaban J connectivity index is 2.23. The molecule has 4 rings (SSSR count). The number of hydrogen-bond donors (Lipinski definition) is 0. The normalized spacial score (nSPS) is 10.9. The van der Waals surface area contributed by atoms with Crippen molar-refractivity contribution in [2.45, 2.75) is 0 Å². The number of rotatable bonds is 1. The van der Waals surface area contributed by atoms with Crippen LogP contribution in [0, 0.1) is 11.3 Å². The predicted octanol–water partition coefficient (Wildman–Crippen LogP) is 5.42. The summed E-state index contributed by atoms with van der Waals surface area (Å²) in [5, 5.41) is 11.9. The van der Waals surface area contributed by atoms with Crippen LogP contribution in [-0.4, -0.2) is 4.57 Å². The summed E-state index contributed by atoms with van der Waals surface area (Å²) in [5.74, 6) is 0. The van der Waals surface area contributed by atoms with Crippen molar-refractivity contribution in [3.8, 4) is 11.8 Å². The minimum atomic E-state index is 0.662. The average Bonchev–Trinajstić information content (AvgIpc) is 2.89. The number of halogens is 1. The molecular weight excluding hydrogens is 336 g/mol. The van der Waals surface area contributed by atoms with Crippen LogP contribution in [0.4, 0.5) is 0 Å². The molecule has 0 radical (unpaired) electrons. The Bertz CT molecular complexity index is 1000. The molecule has 0 bridgehead atoms. The summed E-state index contributed by atoms with van der Waals surface area (Å²) in [6, 6.07) is 24.6. The molecule has 0 saturated heterocycles. The van der Waals surface area contributed by atoms with Gasteiger partial charge in [0.25, 0.3) is 0 Å². The monoisotopic (exact) mass is 346 g/mol. The molecule has 0 spiro atoms. The highest BCUT2D eigenvalue weighted by Gasteiger charge is 2.14. The van der Waals surface area contributed by atoms with Crippen LogP contribution in [0.3, 0.4) is 0 Å². The maximum atomic E-state index is 9.47. The Hall–Kier alpha value is -2.57. The second-order valence-corrected chi connectivity index (χ2v) is 6.06. The summed E-state index contributed by atoms with van der Waals surface area (Å²) < 4.78 is 3.12. The van der Waals surface area contributed by atoms with Gasteiger partial charge in [0.1, 0.15) is 6.07 Å². The Kier molecular flexibility index (Phi) is 2.99. The minimum absolute atomic E-state index is 0.662. The van der Waals surface area contributed by atoms with Crippen molar-refractivity contribution < 1.29 is 0 Å². The molecule has 22 heavy (non-hydrogen) atoms. The number of benzene rings is 3. The Morgan fingerprint density at radius 3 is 2.00 bits per heavy atom.